The lowest BCUT2D eigenvalue weighted by molar-refractivity contribution is 1.12. The van der Waals surface area contributed by atoms with Gasteiger partial charge in [-0.15, -0.1) is 0 Å². The number of rotatable bonds is 0. The van der Waals surface area contributed by atoms with E-state index in [9.17, 15) is 0 Å². The summed E-state index contributed by atoms with van der Waals surface area (Å²) in [5, 5.41) is 0. The van der Waals surface area contributed by atoms with Crippen molar-refractivity contribution in [2.75, 3.05) is 11.5 Å². The predicted molar refractivity (Wildman–Crippen MR) is 55.3 cm³/mol. The lowest BCUT2D eigenvalue weighted by atomic mass is 10.2. The highest BCUT2D eigenvalue weighted by Gasteiger charge is 2.07. The Morgan fingerprint density at radius 1 is 1.09 bits per heavy atom. The Hall–Kier alpha value is -0.520. The number of nitrogen functional groups attached to an aromatic ring is 2. The van der Waals surface area contributed by atoms with E-state index in [2.05, 4.69) is 27.6 Å². The predicted octanol–water partition coefficient (Wildman–Crippen LogP) is 1.47. The average Bonchev–Trinajstić information content (AvgIpc) is 1.97. The van der Waals surface area contributed by atoms with Crippen molar-refractivity contribution < 1.29 is 0 Å². The maximum atomic E-state index is 5.70. The molecule has 0 saturated carbocycles. The molecule has 4 N–H and O–H groups in total. The van der Waals surface area contributed by atoms with Crippen LogP contribution in [0.4, 0.5) is 11.4 Å². The quantitative estimate of drug-likeness (QED) is 0.696. The molecule has 0 saturated heterocycles. The largest absolute Gasteiger partial charge is 0.396 e. The molecule has 3 nitrogen and oxygen atoms in total. The molecule has 0 fully saturated rings. The summed E-state index contributed by atoms with van der Waals surface area (Å²) in [5.74, 6) is 0. The summed E-state index contributed by atoms with van der Waals surface area (Å²) in [5.41, 5.74) is 14.5. The van der Waals surface area contributed by atoms with Crippen LogP contribution in [-0.4, -0.2) is 4.98 Å². The molecule has 1 heterocycles. The Balaban J connectivity index is 3.46. The maximum Gasteiger partial charge on any atom is 0.0687 e. The second-order valence-electron chi connectivity index (χ2n) is 2.42. The first-order valence-corrected chi connectivity index (χ1v) is 4.29. The number of nitrogens with two attached hydrogens (primary N) is 2. The van der Waals surface area contributed by atoms with Crippen LogP contribution in [0.5, 0.6) is 0 Å². The Kier molecular flexibility index (Phi) is 2.22. The highest BCUT2D eigenvalue weighted by Crippen LogP contribution is 2.25. The minimum absolute atomic E-state index is 0.689. The summed E-state index contributed by atoms with van der Waals surface area (Å²) in [6, 6.07) is 0. The molecule has 0 aliphatic heterocycles. The van der Waals surface area contributed by atoms with Crippen LogP contribution >= 0.6 is 22.6 Å². The van der Waals surface area contributed by atoms with Crippen LogP contribution in [0.3, 0.4) is 0 Å². The molecule has 1 aromatic heterocycles. The van der Waals surface area contributed by atoms with E-state index in [1.165, 1.54) is 0 Å². The van der Waals surface area contributed by atoms with Crippen LogP contribution < -0.4 is 11.5 Å². The minimum atomic E-state index is 0.689. The zero-order valence-electron chi connectivity index (χ0n) is 6.48. The van der Waals surface area contributed by atoms with E-state index in [0.717, 1.165) is 15.0 Å². The van der Waals surface area contributed by atoms with Crippen LogP contribution in [0.25, 0.3) is 0 Å². The average molecular weight is 263 g/mol. The molecule has 0 radical (unpaired) electrons. The second-order valence-corrected chi connectivity index (χ2v) is 3.50. The minimum Gasteiger partial charge on any atom is -0.396 e. The molecule has 1 aromatic rings. The van der Waals surface area contributed by atoms with Crippen LogP contribution in [0.15, 0.2) is 0 Å². The molecular formula is C7H10IN3. The van der Waals surface area contributed by atoms with Gasteiger partial charge in [-0.3, -0.25) is 4.98 Å². The number of hydrogen-bond acceptors (Lipinski definition) is 3. The Labute approximate surface area is 79.3 Å². The van der Waals surface area contributed by atoms with Gasteiger partial charge in [-0.05, 0) is 36.4 Å². The van der Waals surface area contributed by atoms with Gasteiger partial charge in [-0.2, -0.15) is 0 Å². The second kappa shape index (κ2) is 2.84. The Bertz CT molecular complexity index is 270. The molecule has 1 rings (SSSR count). The number of nitrogens with zero attached hydrogens (tertiary/aromatic N) is 1. The maximum absolute atomic E-state index is 5.70. The van der Waals surface area contributed by atoms with Crippen molar-refractivity contribution >= 4 is 34.0 Å². The summed E-state index contributed by atoms with van der Waals surface area (Å²) in [6.45, 7) is 3.76. The van der Waals surface area contributed by atoms with Gasteiger partial charge >= 0.3 is 0 Å². The Morgan fingerprint density at radius 3 is 1.82 bits per heavy atom. The van der Waals surface area contributed by atoms with Gasteiger partial charge in [0.25, 0.3) is 0 Å². The van der Waals surface area contributed by atoms with Gasteiger partial charge in [-0.1, -0.05) is 0 Å². The third-order valence-corrected chi connectivity index (χ3v) is 2.75. The van der Waals surface area contributed by atoms with Crippen molar-refractivity contribution in [2.24, 2.45) is 0 Å². The lowest BCUT2D eigenvalue weighted by Crippen LogP contribution is -2.04. The normalized spacial score (nSPS) is 10.1. The molecule has 4 heteroatoms. The first-order chi connectivity index (χ1) is 5.04. The standard InChI is InChI=1S/C7H10IN3/c1-3-6(9)5(8)7(10)4(2)11-3/h9-10H2,1-2H3. The fourth-order valence-corrected chi connectivity index (χ4v) is 1.62. The molecule has 0 aromatic carbocycles. The molecule has 0 unspecified atom stereocenters. The van der Waals surface area contributed by atoms with Gasteiger partial charge in [0.15, 0.2) is 0 Å². The highest BCUT2D eigenvalue weighted by molar-refractivity contribution is 14.1. The van der Waals surface area contributed by atoms with Crippen molar-refractivity contribution in [3.8, 4) is 0 Å². The number of pyridine rings is 1. The van der Waals surface area contributed by atoms with Crippen molar-refractivity contribution in [1.29, 1.82) is 0 Å². The molecular weight excluding hydrogens is 253 g/mol. The van der Waals surface area contributed by atoms with Crippen LogP contribution in [0.2, 0.25) is 0 Å². The van der Waals surface area contributed by atoms with E-state index in [0.29, 0.717) is 11.4 Å². The SMILES string of the molecule is Cc1nc(C)c(N)c(I)c1N. The monoisotopic (exact) mass is 263 g/mol. The molecule has 0 aliphatic rings. The number of halogens is 1. The lowest BCUT2D eigenvalue weighted by Gasteiger charge is -2.07. The summed E-state index contributed by atoms with van der Waals surface area (Å²) < 4.78 is 0.910. The van der Waals surface area contributed by atoms with Gasteiger partial charge in [-0.25, -0.2) is 0 Å². The molecule has 0 aliphatic carbocycles. The molecule has 11 heavy (non-hydrogen) atoms. The molecule has 0 amide bonds. The van der Waals surface area contributed by atoms with Gasteiger partial charge in [0.05, 0.1) is 26.3 Å². The topological polar surface area (TPSA) is 64.9 Å². The molecule has 0 spiro atoms. The van der Waals surface area contributed by atoms with E-state index in [4.69, 9.17) is 11.5 Å². The van der Waals surface area contributed by atoms with Crippen molar-refractivity contribution in [3.63, 3.8) is 0 Å². The smallest absolute Gasteiger partial charge is 0.0687 e. The summed E-state index contributed by atoms with van der Waals surface area (Å²) >= 11 is 2.13. The highest BCUT2D eigenvalue weighted by atomic mass is 127. The van der Waals surface area contributed by atoms with Crippen molar-refractivity contribution in [1.82, 2.24) is 4.98 Å². The zero-order valence-corrected chi connectivity index (χ0v) is 8.64. The number of anilines is 2. The summed E-state index contributed by atoms with van der Waals surface area (Å²) in [6.07, 6.45) is 0. The van der Waals surface area contributed by atoms with Crippen LogP contribution in [0.1, 0.15) is 11.4 Å². The van der Waals surface area contributed by atoms with Gasteiger partial charge in [0.1, 0.15) is 0 Å². The first kappa shape index (κ1) is 8.58. The van der Waals surface area contributed by atoms with Crippen molar-refractivity contribution in [2.45, 2.75) is 13.8 Å². The summed E-state index contributed by atoms with van der Waals surface area (Å²) in [4.78, 5) is 4.18. The molecule has 0 bridgehead atoms. The molecule has 0 atom stereocenters. The van der Waals surface area contributed by atoms with Gasteiger partial charge in [0.2, 0.25) is 0 Å². The number of hydrogen-bond donors (Lipinski definition) is 2. The van der Waals surface area contributed by atoms with Gasteiger partial charge in [0, 0.05) is 0 Å². The first-order valence-electron chi connectivity index (χ1n) is 3.21. The van der Waals surface area contributed by atoms with Gasteiger partial charge < -0.3 is 11.5 Å². The van der Waals surface area contributed by atoms with E-state index in [-0.39, 0.29) is 0 Å². The van der Waals surface area contributed by atoms with E-state index in [1.807, 2.05) is 13.8 Å². The number of aryl methyl sites for hydroxylation is 2. The third-order valence-electron chi connectivity index (χ3n) is 1.59. The fourth-order valence-electron chi connectivity index (χ4n) is 0.835. The van der Waals surface area contributed by atoms with Crippen LogP contribution in [0, 0.1) is 17.4 Å². The summed E-state index contributed by atoms with van der Waals surface area (Å²) in [7, 11) is 0. The fraction of sp³-hybridized carbons (Fsp3) is 0.286. The zero-order chi connectivity index (χ0) is 8.59. The molecule has 60 valence electrons. The third kappa shape index (κ3) is 1.40. The Morgan fingerprint density at radius 2 is 1.45 bits per heavy atom. The van der Waals surface area contributed by atoms with E-state index < -0.39 is 0 Å². The van der Waals surface area contributed by atoms with Crippen molar-refractivity contribution in [3.05, 3.63) is 15.0 Å². The van der Waals surface area contributed by atoms with E-state index >= 15 is 0 Å². The van der Waals surface area contributed by atoms with E-state index in [1.54, 1.807) is 0 Å². The number of aromatic nitrogens is 1. The van der Waals surface area contributed by atoms with Crippen LogP contribution in [-0.2, 0) is 0 Å².